The van der Waals surface area contributed by atoms with Crippen molar-refractivity contribution in [3.05, 3.63) is 24.0 Å². The van der Waals surface area contributed by atoms with Crippen LogP contribution in [0.3, 0.4) is 0 Å². The summed E-state index contributed by atoms with van der Waals surface area (Å²) in [7, 11) is 0. The fourth-order valence-electron chi connectivity index (χ4n) is 1.99. The topological polar surface area (TPSA) is 34.1 Å². The Bertz CT molecular complexity index is 389. The van der Waals surface area contributed by atoms with E-state index in [0.717, 1.165) is 32.1 Å². The Balaban J connectivity index is 2.00. The molecular formula is C12H15F3N2O. The highest BCUT2D eigenvalue weighted by molar-refractivity contribution is 5.29. The van der Waals surface area contributed by atoms with Gasteiger partial charge in [0.05, 0.1) is 6.61 Å². The summed E-state index contributed by atoms with van der Waals surface area (Å²) in [5.41, 5.74) is -0.950. The molecule has 0 spiro atoms. The van der Waals surface area contributed by atoms with Gasteiger partial charge in [-0.25, -0.2) is 4.98 Å². The van der Waals surface area contributed by atoms with Crippen molar-refractivity contribution < 1.29 is 17.9 Å². The summed E-state index contributed by atoms with van der Waals surface area (Å²) in [5, 5.41) is 3.20. The molecule has 1 atom stereocenters. The first-order valence-electron chi connectivity index (χ1n) is 5.93. The van der Waals surface area contributed by atoms with Crippen LogP contribution in [0, 0.1) is 5.92 Å². The van der Waals surface area contributed by atoms with Crippen molar-refractivity contribution in [1.82, 2.24) is 10.3 Å². The van der Waals surface area contributed by atoms with Gasteiger partial charge in [-0.15, -0.1) is 0 Å². The third kappa shape index (κ3) is 3.35. The van der Waals surface area contributed by atoms with Crippen molar-refractivity contribution in [1.29, 1.82) is 0 Å². The molecule has 0 bridgehead atoms. The Morgan fingerprint density at radius 3 is 2.94 bits per heavy atom. The molecule has 1 N–H and O–H groups in total. The average Bonchev–Trinajstić information content (AvgIpc) is 2.37. The number of halogens is 3. The van der Waals surface area contributed by atoms with E-state index < -0.39 is 11.9 Å². The van der Waals surface area contributed by atoms with Crippen LogP contribution in [0.15, 0.2) is 18.3 Å². The smallest absolute Gasteiger partial charge is 0.437 e. The molecule has 0 unspecified atom stereocenters. The van der Waals surface area contributed by atoms with Gasteiger partial charge in [-0.2, -0.15) is 13.2 Å². The van der Waals surface area contributed by atoms with Gasteiger partial charge in [0, 0.05) is 18.7 Å². The number of pyridine rings is 1. The lowest BCUT2D eigenvalue weighted by atomic mass is 10.0. The lowest BCUT2D eigenvalue weighted by molar-refractivity contribution is -0.142. The maximum absolute atomic E-state index is 12.7. The molecule has 0 saturated carbocycles. The highest BCUT2D eigenvalue weighted by atomic mass is 19.4. The molecule has 18 heavy (non-hydrogen) atoms. The van der Waals surface area contributed by atoms with Crippen molar-refractivity contribution in [3.63, 3.8) is 0 Å². The Kier molecular flexibility index (Phi) is 4.06. The lowest BCUT2D eigenvalue weighted by Crippen LogP contribution is -2.33. The molecule has 0 amide bonds. The van der Waals surface area contributed by atoms with Crippen LogP contribution in [0.5, 0.6) is 5.75 Å². The summed E-state index contributed by atoms with van der Waals surface area (Å²) in [5.74, 6) is 0.0793. The number of ether oxygens (including phenoxy) is 1. The molecule has 0 radical (unpaired) electrons. The molecule has 6 heteroatoms. The predicted octanol–water partition coefficient (Wildman–Crippen LogP) is 2.48. The van der Waals surface area contributed by atoms with Gasteiger partial charge in [0.25, 0.3) is 0 Å². The van der Waals surface area contributed by atoms with E-state index in [1.165, 1.54) is 12.1 Å². The number of aromatic nitrogens is 1. The monoisotopic (exact) mass is 260 g/mol. The van der Waals surface area contributed by atoms with Gasteiger partial charge in [-0.3, -0.25) is 0 Å². The van der Waals surface area contributed by atoms with Crippen molar-refractivity contribution in [2.24, 2.45) is 5.92 Å². The molecule has 2 rings (SSSR count). The second-order valence-corrected chi connectivity index (χ2v) is 4.37. The molecule has 1 fully saturated rings. The normalized spacial score (nSPS) is 20.7. The van der Waals surface area contributed by atoms with E-state index in [0.29, 0.717) is 6.61 Å². The van der Waals surface area contributed by atoms with E-state index >= 15 is 0 Å². The summed E-state index contributed by atoms with van der Waals surface area (Å²) >= 11 is 0. The molecule has 1 saturated heterocycles. The minimum absolute atomic E-state index is 0.185. The number of alkyl halides is 3. The maximum Gasteiger partial charge on any atom is 0.437 e. The van der Waals surface area contributed by atoms with E-state index in [9.17, 15) is 13.2 Å². The zero-order valence-electron chi connectivity index (χ0n) is 9.83. The number of piperidine rings is 1. The van der Waals surface area contributed by atoms with Crippen LogP contribution >= 0.6 is 0 Å². The number of rotatable bonds is 3. The molecule has 0 aromatic carbocycles. The summed E-state index contributed by atoms with van der Waals surface area (Å²) in [6.07, 6.45) is -1.33. The van der Waals surface area contributed by atoms with Crippen LogP contribution in [0.2, 0.25) is 0 Å². The quantitative estimate of drug-likeness (QED) is 0.906. The van der Waals surface area contributed by atoms with Crippen molar-refractivity contribution in [3.8, 4) is 5.75 Å². The van der Waals surface area contributed by atoms with Crippen molar-refractivity contribution >= 4 is 0 Å². The van der Waals surface area contributed by atoms with Gasteiger partial charge in [0.15, 0.2) is 5.69 Å². The van der Waals surface area contributed by atoms with E-state index in [4.69, 9.17) is 4.74 Å². The Labute approximate surface area is 103 Å². The summed E-state index contributed by atoms with van der Waals surface area (Å²) in [4.78, 5) is 3.35. The Hall–Kier alpha value is -1.30. The van der Waals surface area contributed by atoms with Crippen LogP contribution in [0.1, 0.15) is 18.5 Å². The molecule has 1 aromatic heterocycles. The van der Waals surface area contributed by atoms with Crippen LogP contribution in [0.25, 0.3) is 0 Å². The molecular weight excluding hydrogens is 245 g/mol. The van der Waals surface area contributed by atoms with Gasteiger partial charge in [0.1, 0.15) is 5.75 Å². The molecule has 3 nitrogen and oxygen atoms in total. The molecule has 1 aliphatic heterocycles. The minimum atomic E-state index is -4.47. The highest BCUT2D eigenvalue weighted by Crippen LogP contribution is 2.34. The predicted molar refractivity (Wildman–Crippen MR) is 60.3 cm³/mol. The number of hydrogen-bond acceptors (Lipinski definition) is 3. The summed E-state index contributed by atoms with van der Waals surface area (Å²) in [6, 6.07) is 2.76. The minimum Gasteiger partial charge on any atom is -0.491 e. The first-order chi connectivity index (χ1) is 8.57. The molecule has 1 aromatic rings. The van der Waals surface area contributed by atoms with E-state index in [1.54, 1.807) is 0 Å². The fraction of sp³-hybridized carbons (Fsp3) is 0.583. The van der Waals surface area contributed by atoms with Crippen LogP contribution in [-0.4, -0.2) is 24.7 Å². The molecule has 1 aliphatic rings. The third-order valence-corrected chi connectivity index (χ3v) is 2.91. The number of nitrogens with zero attached hydrogens (tertiary/aromatic N) is 1. The zero-order valence-corrected chi connectivity index (χ0v) is 9.83. The van der Waals surface area contributed by atoms with Gasteiger partial charge in [0.2, 0.25) is 0 Å². The van der Waals surface area contributed by atoms with Gasteiger partial charge in [-0.1, -0.05) is 0 Å². The summed E-state index contributed by atoms with van der Waals surface area (Å²) < 4.78 is 43.3. The van der Waals surface area contributed by atoms with E-state index in [2.05, 4.69) is 10.3 Å². The second kappa shape index (κ2) is 5.56. The molecule has 2 heterocycles. The largest absolute Gasteiger partial charge is 0.491 e. The van der Waals surface area contributed by atoms with Gasteiger partial charge < -0.3 is 10.1 Å². The summed E-state index contributed by atoms with van der Waals surface area (Å²) in [6.45, 7) is 2.06. The fourth-order valence-corrected chi connectivity index (χ4v) is 1.99. The van der Waals surface area contributed by atoms with Crippen LogP contribution in [-0.2, 0) is 6.18 Å². The number of hydrogen-bond donors (Lipinski definition) is 1. The van der Waals surface area contributed by atoms with Gasteiger partial charge >= 0.3 is 6.18 Å². The van der Waals surface area contributed by atoms with E-state index in [1.807, 2.05) is 0 Å². The number of nitrogens with one attached hydrogen (secondary N) is 1. The Morgan fingerprint density at radius 1 is 1.44 bits per heavy atom. The maximum atomic E-state index is 12.7. The zero-order chi connectivity index (χ0) is 13.0. The van der Waals surface area contributed by atoms with Crippen LogP contribution in [0.4, 0.5) is 13.2 Å². The third-order valence-electron chi connectivity index (χ3n) is 2.91. The SMILES string of the molecule is FC(F)(F)c1ncccc1OC[C@H]1CCCNC1. The average molecular weight is 260 g/mol. The Morgan fingerprint density at radius 2 is 2.28 bits per heavy atom. The standard InChI is InChI=1S/C12H15F3N2O/c13-12(14,15)11-10(4-2-6-17-11)18-8-9-3-1-5-16-7-9/h2,4,6,9,16H,1,3,5,7-8H2/t9-/m0/s1. The first kappa shape index (κ1) is 13.1. The molecule has 0 aliphatic carbocycles. The highest BCUT2D eigenvalue weighted by Gasteiger charge is 2.36. The van der Waals surface area contributed by atoms with Crippen LogP contribution < -0.4 is 10.1 Å². The van der Waals surface area contributed by atoms with E-state index in [-0.39, 0.29) is 11.7 Å². The van der Waals surface area contributed by atoms with Crippen molar-refractivity contribution in [2.75, 3.05) is 19.7 Å². The lowest BCUT2D eigenvalue weighted by Gasteiger charge is -2.23. The van der Waals surface area contributed by atoms with Crippen molar-refractivity contribution in [2.45, 2.75) is 19.0 Å². The van der Waals surface area contributed by atoms with Gasteiger partial charge in [-0.05, 0) is 31.5 Å². The second-order valence-electron chi connectivity index (χ2n) is 4.37. The first-order valence-corrected chi connectivity index (χ1v) is 5.93. The molecule has 100 valence electrons.